The number of hydrogen-bond acceptors (Lipinski definition) is 1. The summed E-state index contributed by atoms with van der Waals surface area (Å²) in [6.07, 6.45) is 0. The SMILES string of the molecule is Cc1ccc(NCc2ccccc2)c(C)c1.Cl. The quantitative estimate of drug-likeness (QED) is 0.851. The van der Waals surface area contributed by atoms with E-state index in [0.29, 0.717) is 0 Å². The normalized spacial score (nSPS) is 9.53. The molecule has 0 fully saturated rings. The van der Waals surface area contributed by atoms with Crippen molar-refractivity contribution >= 4 is 18.1 Å². The van der Waals surface area contributed by atoms with Crippen molar-refractivity contribution in [1.29, 1.82) is 0 Å². The molecule has 0 atom stereocenters. The van der Waals surface area contributed by atoms with Crippen molar-refractivity contribution in [3.8, 4) is 0 Å². The highest BCUT2D eigenvalue weighted by Gasteiger charge is 1.97. The number of aryl methyl sites for hydroxylation is 2. The molecule has 0 aliphatic heterocycles. The Morgan fingerprint density at radius 2 is 1.65 bits per heavy atom. The van der Waals surface area contributed by atoms with Gasteiger partial charge >= 0.3 is 0 Å². The molecule has 0 heterocycles. The predicted molar refractivity (Wildman–Crippen MR) is 76.9 cm³/mol. The Kier molecular flexibility index (Phi) is 5.05. The molecule has 0 bridgehead atoms. The van der Waals surface area contributed by atoms with Crippen LogP contribution in [-0.4, -0.2) is 0 Å². The van der Waals surface area contributed by atoms with Crippen LogP contribution in [0.4, 0.5) is 5.69 Å². The Bertz CT molecular complexity index is 466. The van der Waals surface area contributed by atoms with Crippen LogP contribution in [0.1, 0.15) is 16.7 Å². The second kappa shape index (κ2) is 6.31. The van der Waals surface area contributed by atoms with Crippen molar-refractivity contribution in [2.24, 2.45) is 0 Å². The molecule has 2 heteroatoms. The Labute approximate surface area is 109 Å². The van der Waals surface area contributed by atoms with Crippen molar-refractivity contribution in [3.63, 3.8) is 0 Å². The number of hydrogen-bond donors (Lipinski definition) is 1. The van der Waals surface area contributed by atoms with Gasteiger partial charge in [0.05, 0.1) is 0 Å². The minimum atomic E-state index is 0. The van der Waals surface area contributed by atoms with Gasteiger partial charge in [0.15, 0.2) is 0 Å². The van der Waals surface area contributed by atoms with Gasteiger partial charge in [-0.05, 0) is 31.0 Å². The first-order valence-corrected chi connectivity index (χ1v) is 5.61. The fraction of sp³-hybridized carbons (Fsp3) is 0.200. The summed E-state index contributed by atoms with van der Waals surface area (Å²) in [6.45, 7) is 5.14. The summed E-state index contributed by atoms with van der Waals surface area (Å²) in [5.74, 6) is 0. The number of nitrogens with one attached hydrogen (secondary N) is 1. The van der Waals surface area contributed by atoms with Crippen LogP contribution in [0.2, 0.25) is 0 Å². The smallest absolute Gasteiger partial charge is 0.0400 e. The summed E-state index contributed by atoms with van der Waals surface area (Å²) < 4.78 is 0. The molecule has 2 aromatic carbocycles. The van der Waals surface area contributed by atoms with Gasteiger partial charge in [-0.2, -0.15) is 0 Å². The highest BCUT2D eigenvalue weighted by atomic mass is 35.5. The van der Waals surface area contributed by atoms with Crippen molar-refractivity contribution in [3.05, 3.63) is 65.2 Å². The van der Waals surface area contributed by atoms with E-state index in [4.69, 9.17) is 0 Å². The van der Waals surface area contributed by atoms with E-state index in [-0.39, 0.29) is 12.4 Å². The van der Waals surface area contributed by atoms with Gasteiger partial charge in [0, 0.05) is 12.2 Å². The van der Waals surface area contributed by atoms with E-state index in [1.54, 1.807) is 0 Å². The second-order valence-corrected chi connectivity index (χ2v) is 4.16. The molecule has 2 aromatic rings. The molecule has 2 rings (SSSR count). The zero-order valence-corrected chi connectivity index (χ0v) is 11.1. The summed E-state index contributed by atoms with van der Waals surface area (Å²) in [7, 11) is 0. The van der Waals surface area contributed by atoms with Gasteiger partial charge < -0.3 is 5.32 Å². The maximum absolute atomic E-state index is 3.46. The molecule has 0 aromatic heterocycles. The zero-order valence-electron chi connectivity index (χ0n) is 10.2. The van der Waals surface area contributed by atoms with Crippen molar-refractivity contribution < 1.29 is 0 Å². The molecule has 0 unspecified atom stereocenters. The molecular formula is C15H18ClN. The maximum atomic E-state index is 3.46. The molecular weight excluding hydrogens is 230 g/mol. The summed E-state index contributed by atoms with van der Waals surface area (Å²) in [6, 6.07) is 16.9. The Morgan fingerprint density at radius 3 is 2.29 bits per heavy atom. The van der Waals surface area contributed by atoms with E-state index in [9.17, 15) is 0 Å². The van der Waals surface area contributed by atoms with Crippen molar-refractivity contribution in [2.45, 2.75) is 20.4 Å². The lowest BCUT2D eigenvalue weighted by atomic mass is 10.1. The third kappa shape index (κ3) is 3.79. The van der Waals surface area contributed by atoms with Crippen LogP contribution < -0.4 is 5.32 Å². The monoisotopic (exact) mass is 247 g/mol. The minimum Gasteiger partial charge on any atom is -0.381 e. The Hall–Kier alpha value is -1.47. The lowest BCUT2D eigenvalue weighted by Gasteiger charge is -2.10. The molecule has 0 saturated carbocycles. The average molecular weight is 248 g/mol. The Balaban J connectivity index is 0.00000144. The highest BCUT2D eigenvalue weighted by Crippen LogP contribution is 2.16. The van der Waals surface area contributed by atoms with Crippen LogP contribution >= 0.6 is 12.4 Å². The van der Waals surface area contributed by atoms with Gasteiger partial charge in [0.1, 0.15) is 0 Å². The number of halogens is 1. The topological polar surface area (TPSA) is 12.0 Å². The third-order valence-electron chi connectivity index (χ3n) is 2.71. The van der Waals surface area contributed by atoms with Gasteiger partial charge in [0.2, 0.25) is 0 Å². The van der Waals surface area contributed by atoms with E-state index >= 15 is 0 Å². The molecule has 0 aliphatic rings. The zero-order chi connectivity index (χ0) is 11.4. The van der Waals surface area contributed by atoms with Crippen LogP contribution in [0, 0.1) is 13.8 Å². The molecule has 0 spiro atoms. The molecule has 0 amide bonds. The fourth-order valence-corrected chi connectivity index (χ4v) is 1.81. The van der Waals surface area contributed by atoms with Crippen LogP contribution in [0.15, 0.2) is 48.5 Å². The molecule has 1 nitrogen and oxygen atoms in total. The van der Waals surface area contributed by atoms with Gasteiger partial charge in [-0.3, -0.25) is 0 Å². The van der Waals surface area contributed by atoms with E-state index in [0.717, 1.165) is 6.54 Å². The molecule has 0 radical (unpaired) electrons. The van der Waals surface area contributed by atoms with Crippen LogP contribution in [0.5, 0.6) is 0 Å². The molecule has 0 saturated heterocycles. The molecule has 0 aliphatic carbocycles. The largest absolute Gasteiger partial charge is 0.381 e. The molecule has 90 valence electrons. The standard InChI is InChI=1S/C15H17N.ClH/c1-12-8-9-15(13(2)10-12)16-11-14-6-4-3-5-7-14;/h3-10,16H,11H2,1-2H3;1H. The van der Waals surface area contributed by atoms with Gasteiger partial charge in [-0.25, -0.2) is 0 Å². The van der Waals surface area contributed by atoms with Gasteiger partial charge in [-0.1, -0.05) is 48.0 Å². The minimum absolute atomic E-state index is 0. The number of rotatable bonds is 3. The fourth-order valence-electron chi connectivity index (χ4n) is 1.81. The summed E-state index contributed by atoms with van der Waals surface area (Å²) in [5, 5.41) is 3.46. The highest BCUT2D eigenvalue weighted by molar-refractivity contribution is 5.85. The van der Waals surface area contributed by atoms with Crippen LogP contribution in [0.3, 0.4) is 0 Å². The van der Waals surface area contributed by atoms with E-state index in [1.165, 1.54) is 22.4 Å². The molecule has 1 N–H and O–H groups in total. The van der Waals surface area contributed by atoms with E-state index < -0.39 is 0 Å². The Morgan fingerprint density at radius 1 is 0.941 bits per heavy atom. The van der Waals surface area contributed by atoms with Crippen LogP contribution in [0.25, 0.3) is 0 Å². The first-order valence-electron chi connectivity index (χ1n) is 5.61. The first kappa shape index (κ1) is 13.6. The van der Waals surface area contributed by atoms with E-state index in [2.05, 4.69) is 61.6 Å². The van der Waals surface area contributed by atoms with Crippen LogP contribution in [-0.2, 0) is 6.54 Å². The van der Waals surface area contributed by atoms with Gasteiger partial charge in [-0.15, -0.1) is 12.4 Å². The number of anilines is 1. The maximum Gasteiger partial charge on any atom is 0.0400 e. The predicted octanol–water partition coefficient (Wildman–Crippen LogP) is 4.34. The second-order valence-electron chi connectivity index (χ2n) is 4.16. The molecule has 17 heavy (non-hydrogen) atoms. The van der Waals surface area contributed by atoms with Crippen molar-refractivity contribution in [1.82, 2.24) is 0 Å². The average Bonchev–Trinajstić information content (AvgIpc) is 2.29. The summed E-state index contributed by atoms with van der Waals surface area (Å²) in [5.41, 5.74) is 5.13. The first-order chi connectivity index (χ1) is 7.75. The number of benzene rings is 2. The lowest BCUT2D eigenvalue weighted by molar-refractivity contribution is 1.14. The summed E-state index contributed by atoms with van der Waals surface area (Å²) in [4.78, 5) is 0. The third-order valence-corrected chi connectivity index (χ3v) is 2.71. The summed E-state index contributed by atoms with van der Waals surface area (Å²) >= 11 is 0. The van der Waals surface area contributed by atoms with Crippen molar-refractivity contribution in [2.75, 3.05) is 5.32 Å². The lowest BCUT2D eigenvalue weighted by Crippen LogP contribution is -2.00. The van der Waals surface area contributed by atoms with Gasteiger partial charge in [0.25, 0.3) is 0 Å². The van der Waals surface area contributed by atoms with E-state index in [1.807, 2.05) is 6.07 Å².